The van der Waals surface area contributed by atoms with E-state index >= 15 is 0 Å². The van der Waals surface area contributed by atoms with Crippen molar-refractivity contribution in [3.63, 3.8) is 0 Å². The highest BCUT2D eigenvalue weighted by atomic mass is 16.4. The fourth-order valence-corrected chi connectivity index (χ4v) is 1.95. The molecule has 1 heterocycles. The Labute approximate surface area is 110 Å². The molecule has 19 heavy (non-hydrogen) atoms. The van der Waals surface area contributed by atoms with Crippen LogP contribution in [0.3, 0.4) is 0 Å². The summed E-state index contributed by atoms with van der Waals surface area (Å²) in [6.45, 7) is 1.36. The second kappa shape index (κ2) is 5.48. The first-order valence-electron chi connectivity index (χ1n) is 5.90. The molecule has 2 aromatic rings. The van der Waals surface area contributed by atoms with Gasteiger partial charge in [0.15, 0.2) is 0 Å². The monoisotopic (exact) mass is 258 g/mol. The molecular formula is C14H14N2O3. The number of fused-ring (bicyclic) bond motifs is 1. The van der Waals surface area contributed by atoms with E-state index in [0.29, 0.717) is 5.56 Å². The predicted molar refractivity (Wildman–Crippen MR) is 70.6 cm³/mol. The van der Waals surface area contributed by atoms with Crippen LogP contribution in [0.1, 0.15) is 24.9 Å². The normalized spacial score (nSPS) is 12.1. The van der Waals surface area contributed by atoms with Crippen molar-refractivity contribution < 1.29 is 14.7 Å². The highest BCUT2D eigenvalue weighted by Gasteiger charge is 2.17. The number of carbonyl (C=O) groups is 2. The van der Waals surface area contributed by atoms with Crippen LogP contribution >= 0.6 is 0 Å². The first-order chi connectivity index (χ1) is 9.06. The molecule has 1 aromatic carbocycles. The van der Waals surface area contributed by atoms with Crippen molar-refractivity contribution in [3.05, 3.63) is 42.1 Å². The molecule has 0 aliphatic heterocycles. The molecule has 1 unspecified atom stereocenters. The molecular weight excluding hydrogens is 244 g/mol. The number of benzene rings is 1. The van der Waals surface area contributed by atoms with Gasteiger partial charge in [-0.25, -0.2) is 0 Å². The second-order valence-electron chi connectivity index (χ2n) is 4.31. The summed E-state index contributed by atoms with van der Waals surface area (Å²) in [5, 5.41) is 12.4. The molecule has 2 N–H and O–H groups in total. The number of carbonyl (C=O) groups excluding carboxylic acids is 1. The molecule has 5 nitrogen and oxygen atoms in total. The number of nitrogens with one attached hydrogen (secondary N) is 1. The molecule has 0 bridgehead atoms. The lowest BCUT2D eigenvalue weighted by molar-refractivity contribution is -0.137. The van der Waals surface area contributed by atoms with Crippen LogP contribution in [0, 0.1) is 0 Å². The molecule has 5 heteroatoms. The van der Waals surface area contributed by atoms with Gasteiger partial charge in [0.1, 0.15) is 0 Å². The maximum atomic E-state index is 11.1. The van der Waals surface area contributed by atoms with Crippen LogP contribution in [0.2, 0.25) is 0 Å². The predicted octanol–water partition coefficient (Wildman–Crippen LogP) is 1.89. The third-order valence-electron chi connectivity index (χ3n) is 2.77. The van der Waals surface area contributed by atoms with Gasteiger partial charge >= 0.3 is 5.97 Å². The fraction of sp³-hybridized carbons (Fsp3) is 0.214. The van der Waals surface area contributed by atoms with Gasteiger partial charge in [-0.1, -0.05) is 18.2 Å². The molecule has 98 valence electrons. The summed E-state index contributed by atoms with van der Waals surface area (Å²) in [7, 11) is 0. The Morgan fingerprint density at radius 1 is 1.37 bits per heavy atom. The maximum Gasteiger partial charge on any atom is 0.305 e. The molecule has 1 aromatic heterocycles. The zero-order valence-corrected chi connectivity index (χ0v) is 10.5. The number of para-hydroxylation sites is 1. The second-order valence-corrected chi connectivity index (χ2v) is 4.31. The summed E-state index contributed by atoms with van der Waals surface area (Å²) >= 11 is 0. The Morgan fingerprint density at radius 3 is 2.79 bits per heavy atom. The van der Waals surface area contributed by atoms with Gasteiger partial charge in [0.05, 0.1) is 18.0 Å². The third-order valence-corrected chi connectivity index (χ3v) is 2.77. The molecule has 1 amide bonds. The first kappa shape index (κ1) is 13.0. The SMILES string of the molecule is CC(=O)NC(CC(=O)O)c1cnc2ccccc2c1. The molecule has 0 saturated carbocycles. The van der Waals surface area contributed by atoms with Gasteiger partial charge in [-0.05, 0) is 17.7 Å². The number of hydrogen-bond acceptors (Lipinski definition) is 3. The number of hydrogen-bond donors (Lipinski definition) is 2. The largest absolute Gasteiger partial charge is 0.481 e. The summed E-state index contributed by atoms with van der Waals surface area (Å²) in [6.07, 6.45) is 1.44. The lowest BCUT2D eigenvalue weighted by Crippen LogP contribution is -2.28. The van der Waals surface area contributed by atoms with Crippen LogP contribution < -0.4 is 5.32 Å². The van der Waals surface area contributed by atoms with E-state index in [1.54, 1.807) is 6.20 Å². The van der Waals surface area contributed by atoms with E-state index in [1.807, 2.05) is 30.3 Å². The number of aromatic nitrogens is 1. The van der Waals surface area contributed by atoms with E-state index in [0.717, 1.165) is 10.9 Å². The minimum Gasteiger partial charge on any atom is -0.481 e. The number of amides is 1. The third kappa shape index (κ3) is 3.28. The molecule has 0 aliphatic rings. The van der Waals surface area contributed by atoms with E-state index in [2.05, 4.69) is 10.3 Å². The number of pyridine rings is 1. The van der Waals surface area contributed by atoms with Crippen molar-refractivity contribution >= 4 is 22.8 Å². The van der Waals surface area contributed by atoms with Crippen LogP contribution in [0.25, 0.3) is 10.9 Å². The molecule has 0 spiro atoms. The van der Waals surface area contributed by atoms with Crippen LogP contribution in [0.5, 0.6) is 0 Å². The van der Waals surface area contributed by atoms with Crippen LogP contribution in [-0.2, 0) is 9.59 Å². The Morgan fingerprint density at radius 2 is 2.11 bits per heavy atom. The van der Waals surface area contributed by atoms with Crippen molar-refractivity contribution in [1.82, 2.24) is 10.3 Å². The number of rotatable bonds is 4. The first-order valence-corrected chi connectivity index (χ1v) is 5.90. The van der Waals surface area contributed by atoms with Crippen LogP contribution in [0.15, 0.2) is 36.5 Å². The van der Waals surface area contributed by atoms with Gasteiger partial charge in [-0.15, -0.1) is 0 Å². The van der Waals surface area contributed by atoms with Crippen molar-refractivity contribution in [3.8, 4) is 0 Å². The van der Waals surface area contributed by atoms with Crippen molar-refractivity contribution in [2.45, 2.75) is 19.4 Å². The summed E-state index contributed by atoms with van der Waals surface area (Å²) in [6, 6.07) is 8.84. The molecule has 0 saturated heterocycles. The Hall–Kier alpha value is -2.43. The van der Waals surface area contributed by atoms with Gasteiger partial charge in [0, 0.05) is 18.5 Å². The van der Waals surface area contributed by atoms with Gasteiger partial charge in [0.2, 0.25) is 5.91 Å². The molecule has 2 rings (SSSR count). The average molecular weight is 258 g/mol. The van der Waals surface area contributed by atoms with Crippen molar-refractivity contribution in [2.75, 3.05) is 0 Å². The quantitative estimate of drug-likeness (QED) is 0.877. The summed E-state index contributed by atoms with van der Waals surface area (Å²) < 4.78 is 0. The van der Waals surface area contributed by atoms with E-state index in [1.165, 1.54) is 6.92 Å². The smallest absolute Gasteiger partial charge is 0.305 e. The minimum absolute atomic E-state index is 0.167. The standard InChI is InChI=1S/C14H14N2O3/c1-9(17)16-13(7-14(18)19)11-6-10-4-2-3-5-12(10)15-8-11/h2-6,8,13H,7H2,1H3,(H,16,17)(H,18,19). The summed E-state index contributed by atoms with van der Waals surface area (Å²) in [5.41, 5.74) is 1.53. The number of aliphatic carboxylic acids is 1. The molecule has 0 fully saturated rings. The van der Waals surface area contributed by atoms with Crippen molar-refractivity contribution in [1.29, 1.82) is 0 Å². The minimum atomic E-state index is -0.966. The maximum absolute atomic E-state index is 11.1. The fourth-order valence-electron chi connectivity index (χ4n) is 1.95. The zero-order valence-electron chi connectivity index (χ0n) is 10.5. The van der Waals surface area contributed by atoms with Gasteiger partial charge in [0.25, 0.3) is 0 Å². The molecule has 1 atom stereocenters. The highest BCUT2D eigenvalue weighted by molar-refractivity contribution is 5.80. The van der Waals surface area contributed by atoms with Crippen molar-refractivity contribution in [2.24, 2.45) is 0 Å². The number of carboxylic acids is 1. The van der Waals surface area contributed by atoms with Gasteiger partial charge < -0.3 is 10.4 Å². The Bertz CT molecular complexity index is 609. The van der Waals surface area contributed by atoms with Crippen LogP contribution in [0.4, 0.5) is 0 Å². The lowest BCUT2D eigenvalue weighted by Gasteiger charge is -2.16. The average Bonchev–Trinajstić information content (AvgIpc) is 2.36. The van der Waals surface area contributed by atoms with E-state index in [-0.39, 0.29) is 12.3 Å². The Kier molecular flexibility index (Phi) is 3.75. The van der Waals surface area contributed by atoms with Crippen LogP contribution in [-0.4, -0.2) is 22.0 Å². The van der Waals surface area contributed by atoms with Gasteiger partial charge in [-0.3, -0.25) is 14.6 Å². The highest BCUT2D eigenvalue weighted by Crippen LogP contribution is 2.20. The Balaban J connectivity index is 2.37. The lowest BCUT2D eigenvalue weighted by atomic mass is 10.0. The summed E-state index contributed by atoms with van der Waals surface area (Å²) in [4.78, 5) is 26.3. The molecule has 0 aliphatic carbocycles. The summed E-state index contributed by atoms with van der Waals surface area (Å²) in [5.74, 6) is -1.23. The number of nitrogens with zero attached hydrogens (tertiary/aromatic N) is 1. The number of carboxylic acid groups (broad SMARTS) is 1. The van der Waals surface area contributed by atoms with Gasteiger partial charge in [-0.2, -0.15) is 0 Å². The molecule has 0 radical (unpaired) electrons. The van der Waals surface area contributed by atoms with E-state index in [4.69, 9.17) is 5.11 Å². The van der Waals surface area contributed by atoms with E-state index in [9.17, 15) is 9.59 Å². The topological polar surface area (TPSA) is 79.3 Å². The van der Waals surface area contributed by atoms with E-state index < -0.39 is 12.0 Å². The zero-order chi connectivity index (χ0) is 13.8.